The van der Waals surface area contributed by atoms with Crippen LogP contribution < -0.4 is 0 Å². The summed E-state index contributed by atoms with van der Waals surface area (Å²) in [7, 11) is 0. The minimum absolute atomic E-state index is 0.0736. The van der Waals surface area contributed by atoms with Crippen molar-refractivity contribution in [1.29, 1.82) is 0 Å². The summed E-state index contributed by atoms with van der Waals surface area (Å²) < 4.78 is 0. The van der Waals surface area contributed by atoms with E-state index in [4.69, 9.17) is 0 Å². The zero-order chi connectivity index (χ0) is 13.4. The second-order valence-corrected chi connectivity index (χ2v) is 7.38. The largest absolute Gasteiger partial charge is 0.392 e. The number of nitrogens with zero attached hydrogens (tertiary/aromatic N) is 1. The molecule has 1 saturated heterocycles. The monoisotopic (exact) mass is 255 g/mol. The smallest absolute Gasteiger partial charge is 0.0644 e. The van der Waals surface area contributed by atoms with E-state index in [1.54, 1.807) is 0 Å². The molecular formula is C15H29NO2. The molecule has 2 rings (SSSR count). The highest BCUT2D eigenvalue weighted by Crippen LogP contribution is 2.39. The second kappa shape index (κ2) is 5.10. The Morgan fingerprint density at radius 2 is 1.72 bits per heavy atom. The van der Waals surface area contributed by atoms with E-state index >= 15 is 0 Å². The molecule has 1 heterocycles. The molecule has 3 nitrogen and oxygen atoms in total. The van der Waals surface area contributed by atoms with Crippen LogP contribution in [0.3, 0.4) is 0 Å². The second-order valence-electron chi connectivity index (χ2n) is 7.38. The van der Waals surface area contributed by atoms with E-state index in [0.717, 1.165) is 45.3 Å². The molecule has 18 heavy (non-hydrogen) atoms. The van der Waals surface area contributed by atoms with E-state index in [0.29, 0.717) is 5.92 Å². The minimum atomic E-state index is -0.471. The Bertz CT molecular complexity index is 278. The minimum Gasteiger partial charge on any atom is -0.392 e. The topological polar surface area (TPSA) is 43.7 Å². The summed E-state index contributed by atoms with van der Waals surface area (Å²) in [6.45, 7) is 9.24. The highest BCUT2D eigenvalue weighted by Gasteiger charge is 2.39. The van der Waals surface area contributed by atoms with E-state index in [2.05, 4.69) is 18.7 Å². The Balaban J connectivity index is 1.86. The first-order valence-electron chi connectivity index (χ1n) is 7.43. The lowest BCUT2D eigenvalue weighted by atomic mass is 9.69. The number of hydrogen-bond donors (Lipinski definition) is 2. The predicted octanol–water partition coefficient (Wildman–Crippen LogP) is 2.02. The maximum absolute atomic E-state index is 10.5. The van der Waals surface area contributed by atoms with Gasteiger partial charge in [-0.2, -0.15) is 0 Å². The van der Waals surface area contributed by atoms with E-state index < -0.39 is 5.60 Å². The van der Waals surface area contributed by atoms with Crippen molar-refractivity contribution < 1.29 is 10.2 Å². The van der Waals surface area contributed by atoms with Crippen LogP contribution in [0.1, 0.15) is 52.9 Å². The van der Waals surface area contributed by atoms with E-state index in [9.17, 15) is 10.2 Å². The average Bonchev–Trinajstić information content (AvgIpc) is 2.27. The molecular weight excluding hydrogens is 226 g/mol. The van der Waals surface area contributed by atoms with Crippen molar-refractivity contribution in [1.82, 2.24) is 4.90 Å². The first kappa shape index (κ1) is 14.3. The Hall–Kier alpha value is -0.120. The van der Waals surface area contributed by atoms with Crippen LogP contribution in [0, 0.1) is 11.3 Å². The van der Waals surface area contributed by atoms with Gasteiger partial charge in [0.2, 0.25) is 0 Å². The summed E-state index contributed by atoms with van der Waals surface area (Å²) >= 11 is 0. The summed E-state index contributed by atoms with van der Waals surface area (Å²) in [6.07, 6.45) is 5.07. The molecule has 0 aromatic carbocycles. The van der Waals surface area contributed by atoms with E-state index in [-0.39, 0.29) is 11.5 Å². The third-order valence-corrected chi connectivity index (χ3v) is 5.07. The van der Waals surface area contributed by atoms with Crippen molar-refractivity contribution >= 4 is 0 Å². The first-order chi connectivity index (χ1) is 8.30. The Kier molecular flexibility index (Phi) is 4.05. The van der Waals surface area contributed by atoms with Crippen LogP contribution in [-0.4, -0.2) is 46.5 Å². The van der Waals surface area contributed by atoms with Gasteiger partial charge in [-0.3, -0.25) is 0 Å². The standard InChI is InChI=1S/C15H29NO2/c1-14(2)6-4-5-12(13(14)17)11-16-9-7-15(3,18)8-10-16/h12-13,17-18H,4-11H2,1-3H3. The molecule has 1 saturated carbocycles. The average molecular weight is 255 g/mol. The van der Waals surface area contributed by atoms with Gasteiger partial charge in [-0.1, -0.05) is 20.3 Å². The SMILES string of the molecule is CC1(O)CCN(CC2CCCC(C)(C)C2O)CC1. The fourth-order valence-corrected chi connectivity index (χ4v) is 3.50. The van der Waals surface area contributed by atoms with Crippen molar-refractivity contribution in [3.8, 4) is 0 Å². The lowest BCUT2D eigenvalue weighted by Gasteiger charge is -2.44. The maximum Gasteiger partial charge on any atom is 0.0644 e. The molecule has 0 aromatic heterocycles. The van der Waals surface area contributed by atoms with Crippen LogP contribution in [-0.2, 0) is 0 Å². The van der Waals surface area contributed by atoms with E-state index in [1.165, 1.54) is 6.42 Å². The summed E-state index contributed by atoms with van der Waals surface area (Å²) in [6, 6.07) is 0. The summed E-state index contributed by atoms with van der Waals surface area (Å²) in [5.74, 6) is 0.414. The number of hydrogen-bond acceptors (Lipinski definition) is 3. The molecule has 0 aromatic rings. The molecule has 0 amide bonds. The number of aliphatic hydroxyl groups excluding tert-OH is 1. The molecule has 0 bridgehead atoms. The van der Waals surface area contributed by atoms with Crippen molar-refractivity contribution in [2.45, 2.75) is 64.6 Å². The van der Waals surface area contributed by atoms with Gasteiger partial charge in [-0.25, -0.2) is 0 Å². The molecule has 3 heteroatoms. The van der Waals surface area contributed by atoms with Gasteiger partial charge >= 0.3 is 0 Å². The van der Waals surface area contributed by atoms with Crippen molar-refractivity contribution in [2.75, 3.05) is 19.6 Å². The van der Waals surface area contributed by atoms with Crippen molar-refractivity contribution in [3.63, 3.8) is 0 Å². The fourth-order valence-electron chi connectivity index (χ4n) is 3.50. The summed E-state index contributed by atoms with van der Waals surface area (Å²) in [5.41, 5.74) is -0.398. The van der Waals surface area contributed by atoms with Gasteiger partial charge in [0.1, 0.15) is 0 Å². The first-order valence-corrected chi connectivity index (χ1v) is 7.43. The Morgan fingerprint density at radius 1 is 1.11 bits per heavy atom. The Morgan fingerprint density at radius 3 is 2.33 bits per heavy atom. The van der Waals surface area contributed by atoms with Gasteiger partial charge in [-0.05, 0) is 43.9 Å². The lowest BCUT2D eigenvalue weighted by molar-refractivity contribution is -0.0567. The van der Waals surface area contributed by atoms with Gasteiger partial charge in [0.05, 0.1) is 11.7 Å². The van der Waals surface area contributed by atoms with Gasteiger partial charge < -0.3 is 15.1 Å². The summed E-state index contributed by atoms with van der Waals surface area (Å²) in [5, 5.41) is 20.4. The zero-order valence-electron chi connectivity index (χ0n) is 12.2. The molecule has 2 fully saturated rings. The fraction of sp³-hybridized carbons (Fsp3) is 1.00. The van der Waals surface area contributed by atoms with Crippen LogP contribution in [0.4, 0.5) is 0 Å². The molecule has 0 radical (unpaired) electrons. The van der Waals surface area contributed by atoms with Gasteiger partial charge in [-0.15, -0.1) is 0 Å². The van der Waals surface area contributed by atoms with E-state index in [1.807, 2.05) is 6.92 Å². The lowest BCUT2D eigenvalue weighted by Crippen LogP contribution is -2.49. The van der Waals surface area contributed by atoms with Crippen LogP contribution in [0.5, 0.6) is 0 Å². The molecule has 2 atom stereocenters. The van der Waals surface area contributed by atoms with Crippen LogP contribution in [0.2, 0.25) is 0 Å². The molecule has 2 N–H and O–H groups in total. The third kappa shape index (κ3) is 3.25. The number of likely N-dealkylation sites (tertiary alicyclic amines) is 1. The van der Waals surface area contributed by atoms with Gasteiger partial charge in [0, 0.05) is 19.6 Å². The molecule has 106 valence electrons. The van der Waals surface area contributed by atoms with Crippen LogP contribution in [0.15, 0.2) is 0 Å². The maximum atomic E-state index is 10.5. The van der Waals surface area contributed by atoms with Crippen LogP contribution >= 0.6 is 0 Å². The quantitative estimate of drug-likeness (QED) is 0.793. The molecule has 1 aliphatic carbocycles. The number of aliphatic hydroxyl groups is 2. The molecule has 2 aliphatic rings. The van der Waals surface area contributed by atoms with Gasteiger partial charge in [0.25, 0.3) is 0 Å². The zero-order valence-corrected chi connectivity index (χ0v) is 12.2. The van der Waals surface area contributed by atoms with Gasteiger partial charge in [0.15, 0.2) is 0 Å². The predicted molar refractivity (Wildman–Crippen MR) is 73.4 cm³/mol. The molecule has 0 spiro atoms. The number of piperidine rings is 1. The molecule has 1 aliphatic heterocycles. The highest BCUT2D eigenvalue weighted by molar-refractivity contribution is 4.91. The third-order valence-electron chi connectivity index (χ3n) is 5.07. The van der Waals surface area contributed by atoms with Crippen molar-refractivity contribution in [2.24, 2.45) is 11.3 Å². The number of rotatable bonds is 2. The normalized spacial score (nSPS) is 36.5. The highest BCUT2D eigenvalue weighted by atomic mass is 16.3. The van der Waals surface area contributed by atoms with Crippen LogP contribution in [0.25, 0.3) is 0 Å². The summed E-state index contributed by atoms with van der Waals surface area (Å²) in [4.78, 5) is 2.42. The Labute approximate surface area is 111 Å². The van der Waals surface area contributed by atoms with Crippen molar-refractivity contribution in [3.05, 3.63) is 0 Å². The molecule has 2 unspecified atom stereocenters.